The number of hydrogen-bond donors (Lipinski definition) is 2. The lowest BCUT2D eigenvalue weighted by Gasteiger charge is -2.25. The molecule has 106 valence electrons. The van der Waals surface area contributed by atoms with E-state index in [0.29, 0.717) is 17.6 Å². The predicted molar refractivity (Wildman–Crippen MR) is 78.4 cm³/mol. The van der Waals surface area contributed by atoms with Crippen molar-refractivity contribution in [2.45, 2.75) is 18.8 Å². The van der Waals surface area contributed by atoms with Crippen molar-refractivity contribution < 1.29 is 4.79 Å². The Balaban J connectivity index is 2.05. The second kappa shape index (κ2) is 4.97. The maximum Gasteiger partial charge on any atom is 0.229 e. The molecule has 6 heteroatoms. The fraction of sp³-hybridized carbons (Fsp3) is 0.200. The molecule has 1 amide bonds. The normalized spacial score (nSPS) is 14.0. The quantitative estimate of drug-likeness (QED) is 0.754. The van der Waals surface area contributed by atoms with Gasteiger partial charge in [-0.1, -0.05) is 6.07 Å². The molecule has 0 aliphatic rings. The predicted octanol–water partition coefficient (Wildman–Crippen LogP) is 1.34. The fourth-order valence-corrected chi connectivity index (χ4v) is 2.35. The van der Waals surface area contributed by atoms with Crippen molar-refractivity contribution in [1.29, 1.82) is 0 Å². The molecule has 0 bridgehead atoms. The number of pyridine rings is 2. The second-order valence-corrected chi connectivity index (χ2v) is 5.23. The molecule has 0 fully saturated rings. The molecule has 6 nitrogen and oxygen atoms in total. The maximum atomic E-state index is 12.0. The van der Waals surface area contributed by atoms with Crippen molar-refractivity contribution in [2.75, 3.05) is 0 Å². The Kier molecular flexibility index (Phi) is 3.13. The molecule has 21 heavy (non-hydrogen) atoms. The maximum absolute atomic E-state index is 12.0. The monoisotopic (exact) mass is 281 g/mol. The third kappa shape index (κ3) is 2.35. The van der Waals surface area contributed by atoms with E-state index in [0.717, 1.165) is 11.1 Å². The van der Waals surface area contributed by atoms with E-state index in [-0.39, 0.29) is 0 Å². The molecule has 0 aromatic carbocycles. The van der Waals surface area contributed by atoms with Crippen LogP contribution in [0.4, 0.5) is 0 Å². The van der Waals surface area contributed by atoms with Crippen LogP contribution in [0.15, 0.2) is 42.9 Å². The van der Waals surface area contributed by atoms with Crippen LogP contribution in [0.25, 0.3) is 11.0 Å². The number of carbonyl (C=O) groups is 1. The summed E-state index contributed by atoms with van der Waals surface area (Å²) in [5.41, 5.74) is 7.86. The number of hydrogen-bond acceptors (Lipinski definition) is 4. The first-order valence-electron chi connectivity index (χ1n) is 6.59. The zero-order valence-corrected chi connectivity index (χ0v) is 11.6. The highest BCUT2D eigenvalue weighted by Gasteiger charge is 2.35. The zero-order chi connectivity index (χ0) is 14.9. The Labute approximate surface area is 121 Å². The number of nitrogens with zero attached hydrogens (tertiary/aromatic N) is 3. The van der Waals surface area contributed by atoms with Gasteiger partial charge in [0.15, 0.2) is 0 Å². The van der Waals surface area contributed by atoms with Crippen molar-refractivity contribution in [2.24, 2.45) is 5.73 Å². The summed E-state index contributed by atoms with van der Waals surface area (Å²) < 4.78 is 0. The Hall–Kier alpha value is -2.76. The van der Waals surface area contributed by atoms with Gasteiger partial charge in [0, 0.05) is 12.4 Å². The molecule has 0 radical (unpaired) electrons. The Morgan fingerprint density at radius 2 is 2.19 bits per heavy atom. The highest BCUT2D eigenvalue weighted by molar-refractivity contribution is 5.87. The molecule has 0 spiro atoms. The lowest BCUT2D eigenvalue weighted by atomic mass is 9.79. The Bertz CT molecular complexity index is 783. The van der Waals surface area contributed by atoms with Crippen molar-refractivity contribution in [3.63, 3.8) is 0 Å². The van der Waals surface area contributed by atoms with Gasteiger partial charge < -0.3 is 5.73 Å². The summed E-state index contributed by atoms with van der Waals surface area (Å²) in [5, 5.41) is 6.78. The van der Waals surface area contributed by atoms with Gasteiger partial charge in [0.2, 0.25) is 5.91 Å². The number of amides is 1. The molecule has 1 atom stereocenters. The number of primary amides is 1. The third-order valence-corrected chi connectivity index (χ3v) is 3.69. The molecule has 0 saturated heterocycles. The summed E-state index contributed by atoms with van der Waals surface area (Å²) in [7, 11) is 0. The molecule has 3 aromatic rings. The third-order valence-electron chi connectivity index (χ3n) is 3.69. The Morgan fingerprint density at radius 1 is 1.33 bits per heavy atom. The molecule has 3 aromatic heterocycles. The average molecular weight is 281 g/mol. The lowest BCUT2D eigenvalue weighted by molar-refractivity contribution is -0.123. The number of carbonyl (C=O) groups excluding carboxylic acids is 1. The van der Waals surface area contributed by atoms with E-state index in [4.69, 9.17) is 5.73 Å². The number of nitrogens with one attached hydrogen (secondary N) is 1. The first kappa shape index (κ1) is 13.2. The van der Waals surface area contributed by atoms with Crippen LogP contribution in [0.2, 0.25) is 0 Å². The van der Waals surface area contributed by atoms with Gasteiger partial charge in [0.05, 0.1) is 22.8 Å². The number of aromatic amines is 1. The zero-order valence-electron chi connectivity index (χ0n) is 11.6. The standard InChI is InChI=1S/C15H15N5O/c1-15(14(16)21,7-10-3-2-6-17-8-10)13-5-4-11-12(19-13)9-18-20-11/h2-6,8-9H,7H2,1H3,(H2,16,21)(H,18,20). The van der Waals surface area contributed by atoms with E-state index >= 15 is 0 Å². The minimum Gasteiger partial charge on any atom is -0.369 e. The molecule has 3 heterocycles. The number of fused-ring (bicyclic) bond motifs is 1. The van der Waals surface area contributed by atoms with Crippen LogP contribution in [-0.4, -0.2) is 26.1 Å². The van der Waals surface area contributed by atoms with Crippen LogP contribution < -0.4 is 5.73 Å². The van der Waals surface area contributed by atoms with E-state index in [2.05, 4.69) is 20.2 Å². The van der Waals surface area contributed by atoms with E-state index in [9.17, 15) is 4.79 Å². The number of H-pyrrole nitrogens is 1. The van der Waals surface area contributed by atoms with Crippen molar-refractivity contribution in [3.8, 4) is 0 Å². The molecular weight excluding hydrogens is 266 g/mol. The summed E-state index contributed by atoms with van der Waals surface area (Å²) in [5.74, 6) is -0.415. The van der Waals surface area contributed by atoms with Gasteiger partial charge in [-0.05, 0) is 37.1 Å². The summed E-state index contributed by atoms with van der Waals surface area (Å²) in [6, 6.07) is 7.42. The number of rotatable bonds is 4. The molecule has 1 unspecified atom stereocenters. The first-order chi connectivity index (χ1) is 10.1. The van der Waals surface area contributed by atoms with Gasteiger partial charge in [0.1, 0.15) is 5.52 Å². The topological polar surface area (TPSA) is 97.5 Å². The summed E-state index contributed by atoms with van der Waals surface area (Å²) in [6.45, 7) is 1.80. The van der Waals surface area contributed by atoms with Gasteiger partial charge >= 0.3 is 0 Å². The van der Waals surface area contributed by atoms with E-state index in [1.165, 1.54) is 0 Å². The average Bonchev–Trinajstić information content (AvgIpc) is 2.95. The summed E-state index contributed by atoms with van der Waals surface area (Å²) in [6.07, 6.45) is 5.51. The van der Waals surface area contributed by atoms with Crippen LogP contribution in [0.1, 0.15) is 18.2 Å². The largest absolute Gasteiger partial charge is 0.369 e. The Morgan fingerprint density at radius 3 is 2.90 bits per heavy atom. The van der Waals surface area contributed by atoms with Crippen LogP contribution >= 0.6 is 0 Å². The van der Waals surface area contributed by atoms with Crippen LogP contribution in [0.3, 0.4) is 0 Å². The first-order valence-corrected chi connectivity index (χ1v) is 6.59. The van der Waals surface area contributed by atoms with Crippen LogP contribution in [-0.2, 0) is 16.6 Å². The van der Waals surface area contributed by atoms with E-state index in [1.807, 2.05) is 24.3 Å². The second-order valence-electron chi connectivity index (χ2n) is 5.23. The number of aromatic nitrogens is 4. The molecular formula is C15H15N5O. The smallest absolute Gasteiger partial charge is 0.229 e. The molecule has 3 rings (SSSR count). The summed E-state index contributed by atoms with van der Waals surface area (Å²) >= 11 is 0. The van der Waals surface area contributed by atoms with E-state index < -0.39 is 11.3 Å². The minimum absolute atomic E-state index is 0.415. The minimum atomic E-state index is -0.894. The SMILES string of the molecule is CC(Cc1cccnc1)(C(N)=O)c1ccc2[nH]ncc2n1. The molecule has 0 saturated carbocycles. The van der Waals surface area contributed by atoms with Crippen molar-refractivity contribution in [3.05, 3.63) is 54.1 Å². The number of nitrogens with two attached hydrogens (primary N) is 1. The molecule has 0 aliphatic carbocycles. The van der Waals surface area contributed by atoms with Gasteiger partial charge in [-0.15, -0.1) is 0 Å². The van der Waals surface area contributed by atoms with Gasteiger partial charge in [0.25, 0.3) is 0 Å². The molecule has 3 N–H and O–H groups in total. The van der Waals surface area contributed by atoms with Gasteiger partial charge in [-0.3, -0.25) is 14.9 Å². The summed E-state index contributed by atoms with van der Waals surface area (Å²) in [4.78, 5) is 20.6. The van der Waals surface area contributed by atoms with Crippen LogP contribution in [0.5, 0.6) is 0 Å². The van der Waals surface area contributed by atoms with Gasteiger partial charge in [-0.25, -0.2) is 4.98 Å². The fourth-order valence-electron chi connectivity index (χ4n) is 2.35. The molecule has 0 aliphatic heterocycles. The van der Waals surface area contributed by atoms with Crippen LogP contribution in [0, 0.1) is 0 Å². The lowest BCUT2D eigenvalue weighted by Crippen LogP contribution is -2.41. The van der Waals surface area contributed by atoms with Crippen molar-refractivity contribution in [1.82, 2.24) is 20.2 Å². The van der Waals surface area contributed by atoms with Crippen molar-refractivity contribution >= 4 is 16.9 Å². The highest BCUT2D eigenvalue weighted by Crippen LogP contribution is 2.27. The highest BCUT2D eigenvalue weighted by atomic mass is 16.1. The van der Waals surface area contributed by atoms with E-state index in [1.54, 1.807) is 25.5 Å². The van der Waals surface area contributed by atoms with Gasteiger partial charge in [-0.2, -0.15) is 5.10 Å².